The van der Waals surface area contributed by atoms with Crippen molar-refractivity contribution in [1.29, 1.82) is 0 Å². The number of nitrogens with one attached hydrogen (secondary N) is 1. The number of benzene rings is 1. The summed E-state index contributed by atoms with van der Waals surface area (Å²) in [4.78, 5) is 14.5. The van der Waals surface area contributed by atoms with Gasteiger partial charge in [-0.1, -0.05) is 18.2 Å². The summed E-state index contributed by atoms with van der Waals surface area (Å²) in [6.45, 7) is 6.88. The van der Waals surface area contributed by atoms with Crippen LogP contribution in [0.15, 0.2) is 24.3 Å². The van der Waals surface area contributed by atoms with E-state index >= 15 is 0 Å². The zero-order valence-electron chi connectivity index (χ0n) is 14.0. The smallest absolute Gasteiger partial charge is 0.260 e. The van der Waals surface area contributed by atoms with Gasteiger partial charge < -0.3 is 15.0 Å². The fraction of sp³-hybridized carbons (Fsp3) is 0.611. The predicted octanol–water partition coefficient (Wildman–Crippen LogP) is 2.61. The Balaban J connectivity index is 1.69. The Bertz CT molecular complexity index is 482. The minimum atomic E-state index is -0.460. The molecule has 1 amide bonds. The van der Waals surface area contributed by atoms with E-state index in [2.05, 4.69) is 17.3 Å². The number of aryl methyl sites for hydroxylation is 1. The van der Waals surface area contributed by atoms with Crippen molar-refractivity contribution in [3.63, 3.8) is 0 Å². The molecule has 0 saturated carbocycles. The molecule has 1 unspecified atom stereocenters. The Hall–Kier alpha value is -1.55. The molecule has 1 aliphatic rings. The van der Waals surface area contributed by atoms with E-state index in [0.717, 1.165) is 30.2 Å². The molecule has 1 heterocycles. The number of likely N-dealkylation sites (tertiary alicyclic amines) is 1. The first-order valence-corrected chi connectivity index (χ1v) is 8.25. The monoisotopic (exact) mass is 304 g/mol. The van der Waals surface area contributed by atoms with Gasteiger partial charge in [0.2, 0.25) is 0 Å². The number of piperidine rings is 1. The fourth-order valence-electron chi connectivity index (χ4n) is 2.83. The summed E-state index contributed by atoms with van der Waals surface area (Å²) < 4.78 is 5.74. The largest absolute Gasteiger partial charge is 0.481 e. The lowest BCUT2D eigenvalue weighted by Gasteiger charge is -2.29. The molecule has 0 aromatic heterocycles. The molecule has 4 nitrogen and oxygen atoms in total. The lowest BCUT2D eigenvalue weighted by Crippen LogP contribution is -2.38. The Morgan fingerprint density at radius 3 is 2.73 bits per heavy atom. The molecule has 0 radical (unpaired) electrons. The summed E-state index contributed by atoms with van der Waals surface area (Å²) >= 11 is 0. The van der Waals surface area contributed by atoms with Gasteiger partial charge in [-0.3, -0.25) is 4.79 Å². The molecule has 2 rings (SSSR count). The molecule has 22 heavy (non-hydrogen) atoms. The average molecular weight is 304 g/mol. The molecule has 0 spiro atoms. The maximum atomic E-state index is 12.1. The number of rotatable bonds is 6. The molecular weight excluding hydrogens is 276 g/mol. The van der Waals surface area contributed by atoms with E-state index < -0.39 is 6.10 Å². The van der Waals surface area contributed by atoms with Crippen LogP contribution in [-0.2, 0) is 4.79 Å². The minimum absolute atomic E-state index is 0.0313. The van der Waals surface area contributed by atoms with Crippen LogP contribution in [0.4, 0.5) is 0 Å². The number of para-hydroxylation sites is 1. The zero-order valence-corrected chi connectivity index (χ0v) is 14.0. The number of ether oxygens (including phenoxy) is 1. The van der Waals surface area contributed by atoms with Crippen LogP contribution in [0.25, 0.3) is 0 Å². The van der Waals surface area contributed by atoms with Crippen LogP contribution < -0.4 is 10.1 Å². The highest BCUT2D eigenvalue weighted by atomic mass is 16.5. The second kappa shape index (κ2) is 8.18. The lowest BCUT2D eigenvalue weighted by molar-refractivity contribution is -0.127. The van der Waals surface area contributed by atoms with E-state index in [-0.39, 0.29) is 5.91 Å². The summed E-state index contributed by atoms with van der Waals surface area (Å²) in [6, 6.07) is 7.78. The van der Waals surface area contributed by atoms with Crippen LogP contribution in [-0.4, -0.2) is 43.6 Å². The van der Waals surface area contributed by atoms with Crippen LogP contribution in [0.1, 0.15) is 31.7 Å². The topological polar surface area (TPSA) is 41.6 Å². The number of hydrogen-bond donors (Lipinski definition) is 1. The van der Waals surface area contributed by atoms with Crippen LogP contribution >= 0.6 is 0 Å². The third-order valence-electron chi connectivity index (χ3n) is 4.46. The predicted molar refractivity (Wildman–Crippen MR) is 89.1 cm³/mol. The van der Waals surface area contributed by atoms with E-state index in [0.29, 0.717) is 0 Å². The standard InChI is InChI=1S/C18H28N2O2/c1-14-6-4-5-7-17(14)22-15(2)18(21)19-11-8-16-9-12-20(3)13-10-16/h4-7,15-16H,8-13H2,1-3H3,(H,19,21). The maximum absolute atomic E-state index is 12.1. The second-order valence-electron chi connectivity index (χ2n) is 6.35. The number of carbonyl (C=O) groups excluding carboxylic acids is 1. The van der Waals surface area contributed by atoms with Crippen LogP contribution in [0.3, 0.4) is 0 Å². The molecule has 122 valence electrons. The molecule has 0 bridgehead atoms. The van der Waals surface area contributed by atoms with Crippen molar-refractivity contribution < 1.29 is 9.53 Å². The zero-order chi connectivity index (χ0) is 15.9. The van der Waals surface area contributed by atoms with E-state index in [9.17, 15) is 4.79 Å². The Labute approximate surface area is 133 Å². The highest BCUT2D eigenvalue weighted by molar-refractivity contribution is 5.80. The van der Waals surface area contributed by atoms with Gasteiger partial charge in [-0.25, -0.2) is 0 Å². The van der Waals surface area contributed by atoms with Crippen molar-refractivity contribution in [3.05, 3.63) is 29.8 Å². The molecule has 1 N–H and O–H groups in total. The number of hydrogen-bond acceptors (Lipinski definition) is 3. The van der Waals surface area contributed by atoms with Gasteiger partial charge in [-0.15, -0.1) is 0 Å². The fourth-order valence-corrected chi connectivity index (χ4v) is 2.83. The van der Waals surface area contributed by atoms with Gasteiger partial charge in [0.15, 0.2) is 6.10 Å². The van der Waals surface area contributed by atoms with Crippen molar-refractivity contribution in [2.75, 3.05) is 26.7 Å². The van der Waals surface area contributed by atoms with Gasteiger partial charge in [0.25, 0.3) is 5.91 Å². The number of carbonyl (C=O) groups is 1. The first-order valence-electron chi connectivity index (χ1n) is 8.25. The van der Waals surface area contributed by atoms with Crippen molar-refractivity contribution in [2.24, 2.45) is 5.92 Å². The van der Waals surface area contributed by atoms with Gasteiger partial charge in [-0.05, 0) is 70.8 Å². The maximum Gasteiger partial charge on any atom is 0.260 e. The normalized spacial score (nSPS) is 18.0. The average Bonchev–Trinajstić information content (AvgIpc) is 2.51. The summed E-state index contributed by atoms with van der Waals surface area (Å²) in [5, 5.41) is 3.00. The number of amides is 1. The van der Waals surface area contributed by atoms with Crippen LogP contribution in [0.5, 0.6) is 5.75 Å². The van der Waals surface area contributed by atoms with E-state index in [1.165, 1.54) is 25.9 Å². The molecule has 1 aromatic rings. The summed E-state index contributed by atoms with van der Waals surface area (Å²) in [5.74, 6) is 1.49. The first-order chi connectivity index (χ1) is 10.6. The molecule has 1 aliphatic heterocycles. The Kier molecular flexibility index (Phi) is 6.25. The quantitative estimate of drug-likeness (QED) is 0.878. The third-order valence-corrected chi connectivity index (χ3v) is 4.46. The lowest BCUT2D eigenvalue weighted by atomic mass is 9.94. The Morgan fingerprint density at radius 2 is 2.05 bits per heavy atom. The van der Waals surface area contributed by atoms with E-state index in [4.69, 9.17) is 4.74 Å². The first kappa shape index (κ1) is 16.8. The molecule has 0 aliphatic carbocycles. The van der Waals surface area contributed by atoms with E-state index in [1.54, 1.807) is 6.92 Å². The van der Waals surface area contributed by atoms with Gasteiger partial charge in [0.05, 0.1) is 0 Å². The highest BCUT2D eigenvalue weighted by Gasteiger charge is 2.18. The van der Waals surface area contributed by atoms with Crippen LogP contribution in [0, 0.1) is 12.8 Å². The van der Waals surface area contributed by atoms with Crippen LogP contribution in [0.2, 0.25) is 0 Å². The Morgan fingerprint density at radius 1 is 1.36 bits per heavy atom. The molecular formula is C18H28N2O2. The third kappa shape index (κ3) is 5.02. The molecule has 1 fully saturated rings. The molecule has 4 heteroatoms. The molecule has 1 atom stereocenters. The molecule has 1 aromatic carbocycles. The van der Waals surface area contributed by atoms with Gasteiger partial charge in [0.1, 0.15) is 5.75 Å². The van der Waals surface area contributed by atoms with Gasteiger partial charge in [-0.2, -0.15) is 0 Å². The second-order valence-corrected chi connectivity index (χ2v) is 6.35. The SMILES string of the molecule is Cc1ccccc1OC(C)C(=O)NCCC1CCN(C)CC1. The van der Waals surface area contributed by atoms with Gasteiger partial charge in [0, 0.05) is 6.54 Å². The summed E-state index contributed by atoms with van der Waals surface area (Å²) in [6.07, 6.45) is 3.08. The minimum Gasteiger partial charge on any atom is -0.481 e. The van der Waals surface area contributed by atoms with Crippen molar-refractivity contribution >= 4 is 5.91 Å². The van der Waals surface area contributed by atoms with Crippen molar-refractivity contribution in [3.8, 4) is 5.75 Å². The van der Waals surface area contributed by atoms with Crippen molar-refractivity contribution in [1.82, 2.24) is 10.2 Å². The van der Waals surface area contributed by atoms with Crippen molar-refractivity contribution in [2.45, 2.75) is 39.2 Å². The molecule has 1 saturated heterocycles. The van der Waals surface area contributed by atoms with Gasteiger partial charge >= 0.3 is 0 Å². The summed E-state index contributed by atoms with van der Waals surface area (Å²) in [7, 11) is 2.17. The number of nitrogens with zero attached hydrogens (tertiary/aromatic N) is 1. The summed E-state index contributed by atoms with van der Waals surface area (Å²) in [5.41, 5.74) is 1.05. The van der Waals surface area contributed by atoms with E-state index in [1.807, 2.05) is 31.2 Å². The highest BCUT2D eigenvalue weighted by Crippen LogP contribution is 2.19.